The molecule has 1 fully saturated rings. The SMILES string of the molecule is c1ccc(-n2nnnc2C[NH+]2CC[NH+](Cc3ccc4c(c3)OCO4)CC2)cc1. The number of ether oxygens (including phenoxy) is 2. The highest BCUT2D eigenvalue weighted by atomic mass is 16.7. The summed E-state index contributed by atoms with van der Waals surface area (Å²) in [6, 6.07) is 16.3. The standard InChI is InChI=1S/C20H22N6O2/c1-2-4-17(5-3-1)26-20(21-22-23-26)14-25-10-8-24(9-11-25)13-16-6-7-18-19(12-16)28-15-27-18/h1-7,12H,8-11,13-15H2/p+2. The number of nitrogens with one attached hydrogen (secondary N) is 2. The van der Waals surface area contributed by atoms with Crippen molar-refractivity contribution in [3.05, 3.63) is 59.9 Å². The lowest BCUT2D eigenvalue weighted by molar-refractivity contribution is -1.02. The molecule has 8 nitrogen and oxygen atoms in total. The van der Waals surface area contributed by atoms with Crippen molar-refractivity contribution in [2.45, 2.75) is 13.1 Å². The van der Waals surface area contributed by atoms with Crippen LogP contribution < -0.4 is 19.3 Å². The zero-order chi connectivity index (χ0) is 18.8. The first-order valence-corrected chi connectivity index (χ1v) is 9.73. The van der Waals surface area contributed by atoms with Crippen LogP contribution in [0.15, 0.2) is 48.5 Å². The fraction of sp³-hybridized carbons (Fsp3) is 0.350. The molecule has 8 heteroatoms. The number of tetrazole rings is 1. The highest BCUT2D eigenvalue weighted by molar-refractivity contribution is 5.44. The Hall–Kier alpha value is -2.97. The maximum Gasteiger partial charge on any atom is 0.231 e. The minimum Gasteiger partial charge on any atom is -0.454 e. The van der Waals surface area contributed by atoms with Crippen LogP contribution in [0, 0.1) is 0 Å². The summed E-state index contributed by atoms with van der Waals surface area (Å²) in [5, 5.41) is 12.3. The van der Waals surface area contributed by atoms with Crippen molar-refractivity contribution in [3.8, 4) is 17.2 Å². The van der Waals surface area contributed by atoms with Crippen molar-refractivity contribution in [1.29, 1.82) is 0 Å². The molecular weight excluding hydrogens is 356 g/mol. The number of fused-ring (bicyclic) bond motifs is 1. The summed E-state index contributed by atoms with van der Waals surface area (Å²) in [4.78, 5) is 3.13. The van der Waals surface area contributed by atoms with Crippen molar-refractivity contribution in [3.63, 3.8) is 0 Å². The number of nitrogens with zero attached hydrogens (tertiary/aromatic N) is 4. The van der Waals surface area contributed by atoms with E-state index >= 15 is 0 Å². The molecule has 3 aromatic rings. The summed E-state index contributed by atoms with van der Waals surface area (Å²) in [6.45, 7) is 6.69. The lowest BCUT2D eigenvalue weighted by Gasteiger charge is -2.29. The zero-order valence-corrected chi connectivity index (χ0v) is 15.7. The molecule has 2 aromatic carbocycles. The minimum absolute atomic E-state index is 0.329. The van der Waals surface area contributed by atoms with Crippen LogP contribution >= 0.6 is 0 Å². The average Bonchev–Trinajstić information content (AvgIpc) is 3.39. The Morgan fingerprint density at radius 2 is 1.61 bits per heavy atom. The molecule has 1 aromatic heterocycles. The molecule has 0 atom stereocenters. The van der Waals surface area contributed by atoms with Crippen LogP contribution in [-0.2, 0) is 13.1 Å². The van der Waals surface area contributed by atoms with Crippen LogP contribution in [-0.4, -0.2) is 53.2 Å². The molecule has 0 bridgehead atoms. The molecule has 28 heavy (non-hydrogen) atoms. The maximum atomic E-state index is 5.50. The number of rotatable bonds is 5. The third-order valence-corrected chi connectivity index (χ3v) is 5.50. The number of hydrogen-bond donors (Lipinski definition) is 2. The molecule has 2 aliphatic rings. The monoisotopic (exact) mass is 380 g/mol. The molecule has 3 heterocycles. The van der Waals surface area contributed by atoms with E-state index in [1.807, 2.05) is 41.1 Å². The molecular formula is C20H24N6O2+2. The summed E-state index contributed by atoms with van der Waals surface area (Å²) in [5.41, 5.74) is 2.31. The number of piperazine rings is 1. The van der Waals surface area contributed by atoms with Crippen LogP contribution in [0.4, 0.5) is 0 Å². The van der Waals surface area contributed by atoms with Gasteiger partial charge in [0.2, 0.25) is 12.6 Å². The van der Waals surface area contributed by atoms with Gasteiger partial charge in [-0.05, 0) is 40.8 Å². The Morgan fingerprint density at radius 3 is 2.43 bits per heavy atom. The third kappa shape index (κ3) is 3.56. The molecule has 0 amide bonds. The molecule has 0 spiro atoms. The van der Waals surface area contributed by atoms with Crippen molar-refractivity contribution < 1.29 is 19.3 Å². The fourth-order valence-electron chi connectivity index (χ4n) is 3.96. The van der Waals surface area contributed by atoms with Crippen LogP contribution in [0.3, 0.4) is 0 Å². The summed E-state index contributed by atoms with van der Waals surface area (Å²) >= 11 is 0. The van der Waals surface area contributed by atoms with Gasteiger partial charge in [-0.15, -0.1) is 5.10 Å². The van der Waals surface area contributed by atoms with Crippen LogP contribution in [0.2, 0.25) is 0 Å². The summed E-state index contributed by atoms with van der Waals surface area (Å²) in [5.74, 6) is 2.64. The Bertz CT molecular complexity index is 937. The smallest absolute Gasteiger partial charge is 0.231 e. The second-order valence-electron chi connectivity index (χ2n) is 7.38. The highest BCUT2D eigenvalue weighted by Crippen LogP contribution is 2.32. The minimum atomic E-state index is 0.329. The van der Waals surface area contributed by atoms with Crippen LogP contribution in [0.5, 0.6) is 11.5 Å². The molecule has 144 valence electrons. The van der Waals surface area contributed by atoms with Crippen molar-refractivity contribution >= 4 is 0 Å². The van der Waals surface area contributed by atoms with Gasteiger partial charge >= 0.3 is 0 Å². The first kappa shape index (κ1) is 17.2. The van der Waals surface area contributed by atoms with E-state index in [0.29, 0.717) is 6.79 Å². The number of aromatic nitrogens is 4. The lowest BCUT2D eigenvalue weighted by atomic mass is 10.1. The van der Waals surface area contributed by atoms with Gasteiger partial charge in [0, 0.05) is 5.56 Å². The van der Waals surface area contributed by atoms with Gasteiger partial charge in [0.15, 0.2) is 11.5 Å². The third-order valence-electron chi connectivity index (χ3n) is 5.50. The first-order chi connectivity index (χ1) is 13.8. The number of hydrogen-bond acceptors (Lipinski definition) is 5. The zero-order valence-electron chi connectivity index (χ0n) is 15.7. The van der Waals surface area contributed by atoms with Gasteiger partial charge < -0.3 is 19.3 Å². The van der Waals surface area contributed by atoms with Crippen LogP contribution in [0.25, 0.3) is 5.69 Å². The van der Waals surface area contributed by atoms with Gasteiger partial charge in [-0.3, -0.25) is 0 Å². The van der Waals surface area contributed by atoms with Crippen LogP contribution in [0.1, 0.15) is 11.4 Å². The van der Waals surface area contributed by atoms with E-state index in [2.05, 4.69) is 27.7 Å². The van der Waals surface area contributed by atoms with Crippen molar-refractivity contribution in [2.75, 3.05) is 33.0 Å². The maximum absolute atomic E-state index is 5.50. The van der Waals surface area contributed by atoms with Gasteiger partial charge in [0.25, 0.3) is 0 Å². The van der Waals surface area contributed by atoms with E-state index in [-0.39, 0.29) is 0 Å². The fourth-order valence-corrected chi connectivity index (χ4v) is 3.96. The molecule has 0 unspecified atom stereocenters. The number of benzene rings is 2. The van der Waals surface area contributed by atoms with E-state index in [1.165, 1.54) is 10.5 Å². The molecule has 1 saturated heterocycles. The quantitative estimate of drug-likeness (QED) is 0.587. The molecule has 5 rings (SSSR count). The number of quaternary nitrogens is 2. The molecule has 0 saturated carbocycles. The first-order valence-electron chi connectivity index (χ1n) is 9.73. The topological polar surface area (TPSA) is 70.9 Å². The second-order valence-corrected chi connectivity index (χ2v) is 7.38. The van der Waals surface area contributed by atoms with Gasteiger partial charge in [-0.1, -0.05) is 18.2 Å². The summed E-state index contributed by atoms with van der Waals surface area (Å²) < 4.78 is 12.7. The Labute approximate surface area is 163 Å². The highest BCUT2D eigenvalue weighted by Gasteiger charge is 2.26. The predicted octanol–water partition coefficient (Wildman–Crippen LogP) is -1.13. The Kier molecular flexibility index (Phi) is 4.64. The van der Waals surface area contributed by atoms with E-state index in [1.54, 1.807) is 4.90 Å². The molecule has 2 aliphatic heterocycles. The van der Waals surface area contributed by atoms with E-state index in [9.17, 15) is 0 Å². The van der Waals surface area contributed by atoms with Crippen molar-refractivity contribution in [2.24, 2.45) is 0 Å². The summed E-state index contributed by atoms with van der Waals surface area (Å²) in [7, 11) is 0. The van der Waals surface area contributed by atoms with Crippen molar-refractivity contribution in [1.82, 2.24) is 20.2 Å². The lowest BCUT2D eigenvalue weighted by Crippen LogP contribution is -3.27. The van der Waals surface area contributed by atoms with Gasteiger partial charge in [-0.25, -0.2) is 0 Å². The largest absolute Gasteiger partial charge is 0.454 e. The van der Waals surface area contributed by atoms with Gasteiger partial charge in [0.1, 0.15) is 39.3 Å². The van der Waals surface area contributed by atoms with E-state index < -0.39 is 0 Å². The average molecular weight is 380 g/mol. The Morgan fingerprint density at radius 1 is 0.857 bits per heavy atom. The molecule has 2 N–H and O–H groups in total. The van der Waals surface area contributed by atoms with Gasteiger partial charge in [0.05, 0.1) is 5.69 Å². The Balaban J connectivity index is 1.18. The second kappa shape index (κ2) is 7.57. The number of para-hydroxylation sites is 1. The van der Waals surface area contributed by atoms with Gasteiger partial charge in [-0.2, -0.15) is 4.68 Å². The molecule has 0 radical (unpaired) electrons. The normalized spacial score (nSPS) is 21.0. The summed E-state index contributed by atoms with van der Waals surface area (Å²) in [6.07, 6.45) is 0. The van der Waals surface area contributed by atoms with E-state index in [4.69, 9.17) is 9.47 Å². The predicted molar refractivity (Wildman–Crippen MR) is 101 cm³/mol. The van der Waals surface area contributed by atoms with E-state index in [0.717, 1.165) is 62.3 Å². The molecule has 0 aliphatic carbocycles.